The van der Waals surface area contributed by atoms with Gasteiger partial charge in [-0.1, -0.05) is 23.7 Å². The highest BCUT2D eigenvalue weighted by molar-refractivity contribution is 6.30. The number of benzene rings is 4. The largest absolute Gasteiger partial charge is 0.484 e. The Morgan fingerprint density at radius 3 is 2.40 bits per heavy atom. The van der Waals surface area contributed by atoms with E-state index in [0.717, 1.165) is 46.8 Å². The van der Waals surface area contributed by atoms with Crippen molar-refractivity contribution in [3.05, 3.63) is 107 Å². The quantitative estimate of drug-likeness (QED) is 0.213. The zero-order valence-corrected chi connectivity index (χ0v) is 24.4. The maximum Gasteiger partial charge on any atom is 0.262 e. The van der Waals surface area contributed by atoms with E-state index in [2.05, 4.69) is 33.0 Å². The van der Waals surface area contributed by atoms with Crippen molar-refractivity contribution >= 4 is 51.9 Å². The Morgan fingerprint density at radius 2 is 1.60 bits per heavy atom. The van der Waals surface area contributed by atoms with E-state index in [1.807, 2.05) is 53.4 Å². The van der Waals surface area contributed by atoms with Gasteiger partial charge in [0, 0.05) is 40.7 Å². The van der Waals surface area contributed by atoms with E-state index in [-0.39, 0.29) is 24.6 Å². The molecule has 1 atom stereocenters. The Labute approximate surface area is 255 Å². The highest BCUT2D eigenvalue weighted by atomic mass is 35.5. The maximum absolute atomic E-state index is 13.3. The summed E-state index contributed by atoms with van der Waals surface area (Å²) in [4.78, 5) is 29.9. The maximum atomic E-state index is 13.3. The van der Waals surface area contributed by atoms with Gasteiger partial charge in [-0.05, 0) is 103 Å². The molecule has 0 aliphatic carbocycles. The van der Waals surface area contributed by atoms with Gasteiger partial charge >= 0.3 is 0 Å². The second-order valence-electron chi connectivity index (χ2n) is 11.1. The number of carbonyl (C=O) groups is 2. The van der Waals surface area contributed by atoms with Crippen LogP contribution in [0.5, 0.6) is 5.75 Å². The fourth-order valence-electron chi connectivity index (χ4n) is 5.96. The van der Waals surface area contributed by atoms with Crippen LogP contribution in [0, 0.1) is 0 Å². The molecule has 2 amide bonds. The summed E-state index contributed by atoms with van der Waals surface area (Å²) >= 11 is 5.89. The van der Waals surface area contributed by atoms with Crippen molar-refractivity contribution in [2.24, 2.45) is 0 Å². The van der Waals surface area contributed by atoms with Gasteiger partial charge in [-0.2, -0.15) is 0 Å². The van der Waals surface area contributed by atoms with Crippen LogP contribution < -0.4 is 30.5 Å². The molecule has 9 heteroatoms. The molecule has 3 heterocycles. The van der Waals surface area contributed by atoms with Gasteiger partial charge in [-0.3, -0.25) is 9.59 Å². The zero-order chi connectivity index (χ0) is 29.3. The van der Waals surface area contributed by atoms with Gasteiger partial charge < -0.3 is 30.5 Å². The number of anilines is 5. The van der Waals surface area contributed by atoms with Crippen LogP contribution in [0.25, 0.3) is 0 Å². The summed E-state index contributed by atoms with van der Waals surface area (Å²) in [5.74, 6) is 0.391. The van der Waals surface area contributed by atoms with Crippen LogP contribution in [0.3, 0.4) is 0 Å². The molecule has 1 unspecified atom stereocenters. The molecule has 0 saturated carbocycles. The second kappa shape index (κ2) is 11.5. The summed E-state index contributed by atoms with van der Waals surface area (Å²) in [6, 6.07) is 26.9. The molecule has 1 saturated heterocycles. The summed E-state index contributed by atoms with van der Waals surface area (Å²) in [5, 5.41) is 10.4. The number of hydrogen-bond donors (Lipinski definition) is 3. The van der Waals surface area contributed by atoms with E-state index >= 15 is 0 Å². The van der Waals surface area contributed by atoms with Gasteiger partial charge in [-0.25, -0.2) is 0 Å². The third-order valence-electron chi connectivity index (χ3n) is 8.24. The molecular formula is C34H32ClN5O3. The van der Waals surface area contributed by atoms with Crippen molar-refractivity contribution in [3.8, 4) is 5.75 Å². The van der Waals surface area contributed by atoms with Crippen molar-refractivity contribution in [1.82, 2.24) is 0 Å². The average Bonchev–Trinajstić information content (AvgIpc) is 3.62. The van der Waals surface area contributed by atoms with E-state index in [1.54, 1.807) is 24.3 Å². The van der Waals surface area contributed by atoms with Gasteiger partial charge in [0.15, 0.2) is 6.61 Å². The lowest BCUT2D eigenvalue weighted by atomic mass is 10.1. The van der Waals surface area contributed by atoms with Crippen LogP contribution in [0.4, 0.5) is 28.4 Å². The summed E-state index contributed by atoms with van der Waals surface area (Å²) in [6.45, 7) is 2.64. The Morgan fingerprint density at radius 1 is 0.860 bits per heavy atom. The first-order valence-corrected chi connectivity index (χ1v) is 15.0. The molecule has 3 N–H and O–H groups in total. The van der Waals surface area contributed by atoms with Crippen LogP contribution in [-0.2, 0) is 11.3 Å². The number of nitrogens with one attached hydrogen (secondary N) is 3. The molecule has 0 radical (unpaired) electrons. The van der Waals surface area contributed by atoms with Crippen LogP contribution in [0.2, 0.25) is 5.02 Å². The van der Waals surface area contributed by atoms with Crippen LogP contribution >= 0.6 is 11.6 Å². The predicted molar refractivity (Wildman–Crippen MR) is 171 cm³/mol. The number of rotatable bonds is 7. The van der Waals surface area contributed by atoms with Gasteiger partial charge in [-0.15, -0.1) is 0 Å². The first kappa shape index (κ1) is 27.2. The SMILES string of the molecule is O=C(COc1ccc(C2Nc3ccc(N4Cc5cc(N6CCCCC6)ccc5C4=O)cc3N2)cc1)Nc1ccc(Cl)cc1. The molecule has 3 aliphatic heterocycles. The fourth-order valence-corrected chi connectivity index (χ4v) is 6.09. The Bertz CT molecular complexity index is 1670. The van der Waals surface area contributed by atoms with E-state index in [1.165, 1.54) is 24.9 Å². The van der Waals surface area contributed by atoms with Crippen molar-refractivity contribution < 1.29 is 14.3 Å². The lowest BCUT2D eigenvalue weighted by Gasteiger charge is -2.29. The summed E-state index contributed by atoms with van der Waals surface area (Å²) in [5.41, 5.74) is 7.56. The van der Waals surface area contributed by atoms with E-state index in [4.69, 9.17) is 16.3 Å². The number of hydrogen-bond acceptors (Lipinski definition) is 6. The predicted octanol–water partition coefficient (Wildman–Crippen LogP) is 7.04. The highest BCUT2D eigenvalue weighted by Crippen LogP contribution is 2.40. The van der Waals surface area contributed by atoms with Crippen molar-refractivity contribution in [2.75, 3.05) is 45.4 Å². The van der Waals surface area contributed by atoms with Crippen LogP contribution in [0.15, 0.2) is 84.9 Å². The minimum absolute atomic E-state index is 0.0417. The molecule has 0 spiro atoms. The molecule has 8 nitrogen and oxygen atoms in total. The van der Waals surface area contributed by atoms with Crippen LogP contribution in [-0.4, -0.2) is 31.5 Å². The summed E-state index contributed by atoms with van der Waals surface area (Å²) in [6.07, 6.45) is 3.61. The van der Waals surface area contributed by atoms with E-state index in [0.29, 0.717) is 23.0 Å². The minimum Gasteiger partial charge on any atom is -0.484 e. The fraction of sp³-hybridized carbons (Fsp3) is 0.235. The Balaban J connectivity index is 0.968. The molecule has 1 fully saturated rings. The van der Waals surface area contributed by atoms with Crippen molar-refractivity contribution in [2.45, 2.75) is 32.0 Å². The molecule has 4 aromatic rings. The number of halogens is 1. The van der Waals surface area contributed by atoms with Crippen LogP contribution in [0.1, 0.15) is 46.9 Å². The molecule has 7 rings (SSSR count). The van der Waals surface area contributed by atoms with E-state index in [9.17, 15) is 9.59 Å². The number of fused-ring (bicyclic) bond motifs is 2. The summed E-state index contributed by atoms with van der Waals surface area (Å²) < 4.78 is 5.68. The minimum atomic E-state index is -0.251. The monoisotopic (exact) mass is 593 g/mol. The molecule has 43 heavy (non-hydrogen) atoms. The first-order chi connectivity index (χ1) is 21.0. The smallest absolute Gasteiger partial charge is 0.262 e. The number of piperidine rings is 1. The van der Waals surface area contributed by atoms with Gasteiger partial charge in [0.1, 0.15) is 11.9 Å². The standard InChI is InChI=1S/C34H32ClN5O3/c35-24-6-8-25(9-7-24)36-32(41)21-43-28-12-4-22(5-13-28)33-37-30-15-11-27(19-31(30)38-33)40-20-23-18-26(10-14-29(23)34(40)42)39-16-2-1-3-17-39/h4-15,18-19,33,37-38H,1-3,16-17,20-21H2,(H,36,41). The third kappa shape index (κ3) is 5.70. The number of amides is 2. The molecule has 3 aliphatic rings. The normalized spacial score (nSPS) is 17.1. The Hall–Kier alpha value is -4.69. The van der Waals surface area contributed by atoms with Crippen molar-refractivity contribution in [3.63, 3.8) is 0 Å². The lowest BCUT2D eigenvalue weighted by molar-refractivity contribution is -0.118. The molecule has 0 aromatic heterocycles. The molecule has 0 bridgehead atoms. The molecule has 218 valence electrons. The van der Waals surface area contributed by atoms with E-state index < -0.39 is 0 Å². The summed E-state index contributed by atoms with van der Waals surface area (Å²) in [7, 11) is 0. The number of ether oxygens (including phenoxy) is 1. The first-order valence-electron chi connectivity index (χ1n) is 14.7. The zero-order valence-electron chi connectivity index (χ0n) is 23.6. The molecule has 4 aromatic carbocycles. The average molecular weight is 594 g/mol. The van der Waals surface area contributed by atoms with Gasteiger partial charge in [0.2, 0.25) is 0 Å². The highest BCUT2D eigenvalue weighted by Gasteiger charge is 2.31. The number of carbonyl (C=O) groups excluding carboxylic acids is 2. The van der Waals surface area contributed by atoms with Gasteiger partial charge in [0.05, 0.1) is 17.9 Å². The van der Waals surface area contributed by atoms with Gasteiger partial charge in [0.25, 0.3) is 11.8 Å². The lowest BCUT2D eigenvalue weighted by Crippen LogP contribution is -2.29. The number of nitrogens with zero attached hydrogens (tertiary/aromatic N) is 2. The third-order valence-corrected chi connectivity index (χ3v) is 8.49. The van der Waals surface area contributed by atoms with Crippen molar-refractivity contribution in [1.29, 1.82) is 0 Å². The topological polar surface area (TPSA) is 85.9 Å². The Kier molecular flexibility index (Phi) is 7.28. The molecular weight excluding hydrogens is 562 g/mol. The second-order valence-corrected chi connectivity index (χ2v) is 11.6.